The summed E-state index contributed by atoms with van der Waals surface area (Å²) in [6.45, 7) is 1.84. The first-order valence-corrected chi connectivity index (χ1v) is 6.39. The van der Waals surface area contributed by atoms with Crippen molar-refractivity contribution in [2.75, 3.05) is 5.73 Å². The minimum Gasteiger partial charge on any atom is -0.374 e. The third kappa shape index (κ3) is 2.52. The lowest BCUT2D eigenvalue weighted by Gasteiger charge is -1.94. The molecule has 0 spiro atoms. The van der Waals surface area contributed by atoms with E-state index in [4.69, 9.17) is 5.73 Å². The van der Waals surface area contributed by atoms with Crippen molar-refractivity contribution in [2.45, 2.75) is 16.3 Å². The minimum atomic E-state index is -0.0700. The second kappa shape index (κ2) is 4.25. The molecule has 0 aliphatic rings. The number of nitrogens with two attached hydrogens (primary N) is 1. The van der Waals surface area contributed by atoms with E-state index in [9.17, 15) is 4.79 Å². The third-order valence-electron chi connectivity index (χ3n) is 1.40. The molecule has 78 valence electrons. The molecule has 0 fully saturated rings. The van der Waals surface area contributed by atoms with Crippen LogP contribution in [0.2, 0.25) is 0 Å². The van der Waals surface area contributed by atoms with E-state index in [-0.39, 0.29) is 4.74 Å². The van der Waals surface area contributed by atoms with Gasteiger partial charge in [0.25, 0.3) is 4.74 Å². The molecular weight excluding hydrogens is 252 g/mol. The molecule has 2 heterocycles. The molecule has 0 saturated carbocycles. The van der Waals surface area contributed by atoms with Crippen molar-refractivity contribution in [2.24, 2.45) is 0 Å². The largest absolute Gasteiger partial charge is 0.374 e. The van der Waals surface area contributed by atoms with Crippen LogP contribution < -0.4 is 10.5 Å². The van der Waals surface area contributed by atoms with Crippen molar-refractivity contribution in [1.82, 2.24) is 15.2 Å². The van der Waals surface area contributed by atoms with Crippen LogP contribution in [0.25, 0.3) is 0 Å². The van der Waals surface area contributed by atoms with E-state index in [1.54, 1.807) is 5.38 Å². The number of rotatable bonds is 2. The lowest BCUT2D eigenvalue weighted by atomic mass is 10.6. The van der Waals surface area contributed by atoms with Gasteiger partial charge >= 0.3 is 0 Å². The maximum Gasteiger partial charge on any atom is 0.265 e. The molecule has 0 aliphatic carbocycles. The SMILES string of the molecule is Cc1csc(=O)c(Sc2nnc(N)s2)n1. The highest BCUT2D eigenvalue weighted by molar-refractivity contribution is 8.01. The van der Waals surface area contributed by atoms with E-state index in [1.807, 2.05) is 6.92 Å². The van der Waals surface area contributed by atoms with E-state index < -0.39 is 0 Å². The Kier molecular flexibility index (Phi) is 2.98. The fourth-order valence-electron chi connectivity index (χ4n) is 0.830. The number of hydrogen-bond acceptors (Lipinski definition) is 8. The second-order valence-corrected chi connectivity index (χ2v) is 5.68. The Labute approximate surface area is 97.4 Å². The van der Waals surface area contributed by atoms with E-state index >= 15 is 0 Å². The zero-order valence-corrected chi connectivity index (χ0v) is 10.1. The molecule has 2 rings (SSSR count). The van der Waals surface area contributed by atoms with Gasteiger partial charge in [0.1, 0.15) is 0 Å². The highest BCUT2D eigenvalue weighted by Crippen LogP contribution is 2.27. The van der Waals surface area contributed by atoms with Crippen molar-refractivity contribution < 1.29 is 0 Å². The van der Waals surface area contributed by atoms with Crippen molar-refractivity contribution in [3.8, 4) is 0 Å². The predicted octanol–water partition coefficient (Wildman–Crippen LogP) is 1.40. The van der Waals surface area contributed by atoms with E-state index in [2.05, 4.69) is 15.2 Å². The van der Waals surface area contributed by atoms with Gasteiger partial charge in [-0.15, -0.1) is 10.2 Å². The van der Waals surface area contributed by atoms with E-state index in [0.29, 0.717) is 14.5 Å². The number of nitrogen functional groups attached to an aromatic ring is 1. The van der Waals surface area contributed by atoms with Crippen LogP contribution in [-0.4, -0.2) is 15.2 Å². The molecule has 0 aromatic carbocycles. The Morgan fingerprint density at radius 3 is 2.93 bits per heavy atom. The van der Waals surface area contributed by atoms with Gasteiger partial charge in [-0.25, -0.2) is 4.98 Å². The van der Waals surface area contributed by atoms with Gasteiger partial charge in [0.15, 0.2) is 9.37 Å². The first-order valence-electron chi connectivity index (χ1n) is 3.88. The Morgan fingerprint density at radius 2 is 2.27 bits per heavy atom. The summed E-state index contributed by atoms with van der Waals surface area (Å²) in [5.74, 6) is 0. The molecule has 15 heavy (non-hydrogen) atoms. The summed E-state index contributed by atoms with van der Waals surface area (Å²) in [5.41, 5.74) is 6.25. The number of nitrogens with zero attached hydrogens (tertiary/aromatic N) is 3. The molecule has 0 atom stereocenters. The smallest absolute Gasteiger partial charge is 0.265 e. The van der Waals surface area contributed by atoms with Gasteiger partial charge in [0.05, 0.1) is 0 Å². The molecule has 0 amide bonds. The lowest BCUT2D eigenvalue weighted by molar-refractivity contribution is 1.01. The molecular formula is C7H6N4OS3. The van der Waals surface area contributed by atoms with Crippen LogP contribution in [0.3, 0.4) is 0 Å². The van der Waals surface area contributed by atoms with Crippen molar-refractivity contribution in [3.63, 3.8) is 0 Å². The van der Waals surface area contributed by atoms with Crippen molar-refractivity contribution >= 4 is 39.6 Å². The fraction of sp³-hybridized carbons (Fsp3) is 0.143. The molecule has 0 bridgehead atoms. The number of aromatic nitrogens is 3. The van der Waals surface area contributed by atoms with Gasteiger partial charge in [-0.2, -0.15) is 0 Å². The topological polar surface area (TPSA) is 81.8 Å². The molecule has 2 aromatic rings. The normalized spacial score (nSPS) is 10.5. The Morgan fingerprint density at radius 1 is 1.47 bits per heavy atom. The minimum absolute atomic E-state index is 0.0700. The van der Waals surface area contributed by atoms with Crippen molar-refractivity contribution in [1.29, 1.82) is 0 Å². The first kappa shape index (κ1) is 10.5. The number of anilines is 1. The average molecular weight is 258 g/mol. The molecule has 0 aliphatic heterocycles. The highest BCUT2D eigenvalue weighted by Gasteiger charge is 2.08. The van der Waals surface area contributed by atoms with Gasteiger partial charge in [-0.1, -0.05) is 22.7 Å². The molecule has 0 saturated heterocycles. The highest BCUT2D eigenvalue weighted by atomic mass is 32.2. The average Bonchev–Trinajstić information content (AvgIpc) is 2.58. The molecule has 0 radical (unpaired) electrons. The molecule has 0 unspecified atom stereocenters. The van der Waals surface area contributed by atoms with Crippen LogP contribution >= 0.6 is 34.4 Å². The number of hydrogen-bond donors (Lipinski definition) is 1. The summed E-state index contributed by atoms with van der Waals surface area (Å²) in [4.78, 5) is 15.6. The Balaban J connectivity index is 2.31. The van der Waals surface area contributed by atoms with Crippen LogP contribution in [-0.2, 0) is 0 Å². The van der Waals surface area contributed by atoms with Crippen LogP contribution in [0.5, 0.6) is 0 Å². The summed E-state index contributed by atoms with van der Waals surface area (Å²) in [6, 6.07) is 0. The van der Waals surface area contributed by atoms with E-state index in [0.717, 1.165) is 17.0 Å². The molecule has 8 heteroatoms. The van der Waals surface area contributed by atoms with Crippen LogP contribution in [0.15, 0.2) is 19.5 Å². The van der Waals surface area contributed by atoms with Crippen LogP contribution in [0, 0.1) is 6.92 Å². The first-order chi connectivity index (χ1) is 7.15. The van der Waals surface area contributed by atoms with Gasteiger partial charge < -0.3 is 5.73 Å². The van der Waals surface area contributed by atoms with Gasteiger partial charge in [-0.05, 0) is 18.7 Å². The summed E-state index contributed by atoms with van der Waals surface area (Å²) in [6.07, 6.45) is 0. The summed E-state index contributed by atoms with van der Waals surface area (Å²) in [5, 5.41) is 10.0. The second-order valence-electron chi connectivity index (χ2n) is 2.59. The van der Waals surface area contributed by atoms with E-state index in [1.165, 1.54) is 23.1 Å². The Hall–Kier alpha value is -0.990. The van der Waals surface area contributed by atoms with Gasteiger partial charge in [0, 0.05) is 11.1 Å². The quantitative estimate of drug-likeness (QED) is 0.876. The van der Waals surface area contributed by atoms with Gasteiger partial charge in [-0.3, -0.25) is 4.79 Å². The lowest BCUT2D eigenvalue weighted by Crippen LogP contribution is -2.01. The molecule has 5 nitrogen and oxygen atoms in total. The maximum atomic E-state index is 11.4. The van der Waals surface area contributed by atoms with Crippen molar-refractivity contribution in [3.05, 3.63) is 20.6 Å². The van der Waals surface area contributed by atoms with Gasteiger partial charge in [0.2, 0.25) is 5.13 Å². The number of aryl methyl sites for hydroxylation is 1. The summed E-state index contributed by atoms with van der Waals surface area (Å²) in [7, 11) is 0. The zero-order chi connectivity index (χ0) is 10.8. The monoisotopic (exact) mass is 258 g/mol. The fourth-order valence-corrected chi connectivity index (χ4v) is 3.10. The summed E-state index contributed by atoms with van der Waals surface area (Å²) < 4.78 is 0.564. The Bertz CT molecular complexity index is 535. The van der Waals surface area contributed by atoms with Crippen LogP contribution in [0.4, 0.5) is 5.13 Å². The predicted molar refractivity (Wildman–Crippen MR) is 61.6 cm³/mol. The third-order valence-corrected chi connectivity index (χ3v) is 4.16. The molecule has 2 N–H and O–H groups in total. The zero-order valence-electron chi connectivity index (χ0n) is 7.63. The molecule has 2 aromatic heterocycles. The maximum absolute atomic E-state index is 11.4. The summed E-state index contributed by atoms with van der Waals surface area (Å²) >= 11 is 3.58. The van der Waals surface area contributed by atoms with Crippen LogP contribution in [0.1, 0.15) is 5.69 Å². The standard InChI is InChI=1S/C7H6N4OS3/c1-3-2-13-5(12)4(9-3)14-7-11-10-6(8)15-7/h2H,1H3,(H2,8,10).